The van der Waals surface area contributed by atoms with Gasteiger partial charge in [-0.2, -0.15) is 0 Å². The van der Waals surface area contributed by atoms with E-state index in [0.29, 0.717) is 0 Å². The fraction of sp³-hybridized carbons (Fsp3) is 1.00. The molecule has 1 rings (SSSR count). The zero-order valence-corrected chi connectivity index (χ0v) is 13.6. The van der Waals surface area contributed by atoms with Crippen molar-refractivity contribution in [2.75, 3.05) is 13.1 Å². The molecule has 0 aromatic carbocycles. The third-order valence-electron chi connectivity index (χ3n) is 2.74. The van der Waals surface area contributed by atoms with Crippen molar-refractivity contribution in [3.8, 4) is 0 Å². The average Bonchev–Trinajstić information content (AvgIpc) is 2.17. The molecule has 1 atom stereocenters. The highest BCUT2D eigenvalue weighted by atomic mass is 15.2. The van der Waals surface area contributed by atoms with Crippen LogP contribution in [0.25, 0.3) is 0 Å². The molecule has 0 amide bonds. The lowest BCUT2D eigenvalue weighted by Gasteiger charge is -2.36. The monoisotopic (exact) mass is 243 g/mol. The third kappa shape index (κ3) is 13.9. The summed E-state index contributed by atoms with van der Waals surface area (Å²) in [6.45, 7) is 17.9. The minimum atomic E-state index is 0.833. The van der Waals surface area contributed by atoms with Gasteiger partial charge in [0.15, 0.2) is 0 Å². The smallest absolute Gasteiger partial charge is 0.00669 e. The minimum absolute atomic E-state index is 0.833. The first kappa shape index (κ1) is 19.3. The second-order valence-corrected chi connectivity index (χ2v) is 5.47. The largest absolute Gasteiger partial charge is 0.301 e. The van der Waals surface area contributed by atoms with Gasteiger partial charge in [-0.3, -0.25) is 0 Å². The van der Waals surface area contributed by atoms with Crippen LogP contribution >= 0.6 is 0 Å². The van der Waals surface area contributed by atoms with E-state index in [1.165, 1.54) is 45.2 Å². The first-order chi connectivity index (χ1) is 8.07. The van der Waals surface area contributed by atoms with Crippen LogP contribution in [0.5, 0.6) is 0 Å². The summed E-state index contributed by atoms with van der Waals surface area (Å²) >= 11 is 0. The summed E-state index contributed by atoms with van der Waals surface area (Å²) in [5, 5.41) is 0. The second kappa shape index (κ2) is 14.0. The molecule has 0 N–H and O–H groups in total. The van der Waals surface area contributed by atoms with E-state index in [-0.39, 0.29) is 0 Å². The molecule has 1 heteroatoms. The summed E-state index contributed by atoms with van der Waals surface area (Å²) in [5.74, 6) is 0.833. The molecule has 0 aromatic heterocycles. The zero-order chi connectivity index (χ0) is 13.7. The lowest BCUT2D eigenvalue weighted by atomic mass is 10.1. The summed E-state index contributed by atoms with van der Waals surface area (Å²) in [6.07, 6.45) is 7.03. The van der Waals surface area contributed by atoms with Crippen molar-refractivity contribution in [1.82, 2.24) is 4.90 Å². The number of nitrogens with zero attached hydrogens (tertiary/aromatic N) is 1. The highest BCUT2D eigenvalue weighted by molar-refractivity contribution is 4.74. The van der Waals surface area contributed by atoms with Gasteiger partial charge in [0.1, 0.15) is 0 Å². The van der Waals surface area contributed by atoms with Gasteiger partial charge in [-0.1, -0.05) is 60.8 Å². The summed E-state index contributed by atoms with van der Waals surface area (Å²) in [4.78, 5) is 2.59. The Bertz CT molecular complexity index is 125. The van der Waals surface area contributed by atoms with E-state index in [0.717, 1.165) is 12.0 Å². The van der Waals surface area contributed by atoms with Crippen LogP contribution in [0.4, 0.5) is 0 Å². The molecular weight excluding hydrogens is 206 g/mol. The molecule has 0 aromatic rings. The van der Waals surface area contributed by atoms with Crippen LogP contribution in [0.2, 0.25) is 0 Å². The second-order valence-electron chi connectivity index (χ2n) is 5.47. The van der Waals surface area contributed by atoms with Crippen molar-refractivity contribution >= 4 is 0 Å². The normalized spacial score (nSPS) is 16.2. The van der Waals surface area contributed by atoms with Crippen LogP contribution in [0.1, 0.15) is 80.6 Å². The van der Waals surface area contributed by atoms with Crippen LogP contribution in [-0.4, -0.2) is 24.0 Å². The molecule has 1 aliphatic rings. The summed E-state index contributed by atoms with van der Waals surface area (Å²) in [7, 11) is 0. The molecule has 0 bridgehead atoms. The van der Waals surface area contributed by atoms with E-state index in [4.69, 9.17) is 0 Å². The summed E-state index contributed by atoms with van der Waals surface area (Å²) < 4.78 is 0. The van der Waals surface area contributed by atoms with E-state index in [1.807, 2.05) is 13.8 Å². The lowest BCUT2D eigenvalue weighted by molar-refractivity contribution is 0.120. The number of likely N-dealkylation sites (tertiary alicyclic amines) is 1. The van der Waals surface area contributed by atoms with Crippen LogP contribution in [0.15, 0.2) is 0 Å². The van der Waals surface area contributed by atoms with Crippen molar-refractivity contribution in [3.63, 3.8) is 0 Å². The van der Waals surface area contributed by atoms with Crippen LogP contribution in [0, 0.1) is 5.92 Å². The van der Waals surface area contributed by atoms with Crippen molar-refractivity contribution in [3.05, 3.63) is 0 Å². The van der Waals surface area contributed by atoms with Gasteiger partial charge >= 0.3 is 0 Å². The predicted octanol–water partition coefficient (Wildman–Crippen LogP) is 5.35. The van der Waals surface area contributed by atoms with Gasteiger partial charge in [0.2, 0.25) is 0 Å². The first-order valence-corrected chi connectivity index (χ1v) is 7.82. The standard InChI is InChI=1S/C10H21N.C4H10.C2H6/c1-3-4-5-7-10(2)11-8-6-9-11;1-4(2)3;1-2/h10H,3-9H2,1-2H3;4H,1-3H3;1-2H3. The van der Waals surface area contributed by atoms with E-state index >= 15 is 0 Å². The molecule has 1 aliphatic heterocycles. The Morgan fingerprint density at radius 3 is 1.71 bits per heavy atom. The Kier molecular flexibility index (Phi) is 15.9. The van der Waals surface area contributed by atoms with Crippen molar-refractivity contribution in [2.45, 2.75) is 86.6 Å². The van der Waals surface area contributed by atoms with Crippen molar-refractivity contribution in [2.24, 2.45) is 5.92 Å². The third-order valence-corrected chi connectivity index (χ3v) is 2.74. The summed E-state index contributed by atoms with van der Waals surface area (Å²) in [5.41, 5.74) is 0. The molecule has 0 aliphatic carbocycles. The fourth-order valence-corrected chi connectivity index (χ4v) is 1.65. The fourth-order valence-electron chi connectivity index (χ4n) is 1.65. The number of rotatable bonds is 5. The van der Waals surface area contributed by atoms with E-state index in [2.05, 4.69) is 39.5 Å². The maximum absolute atomic E-state index is 2.59. The highest BCUT2D eigenvalue weighted by Gasteiger charge is 2.18. The topological polar surface area (TPSA) is 3.24 Å². The molecule has 1 nitrogen and oxygen atoms in total. The van der Waals surface area contributed by atoms with Crippen molar-refractivity contribution in [1.29, 1.82) is 0 Å². The average molecular weight is 243 g/mol. The van der Waals surface area contributed by atoms with Gasteiger partial charge in [0.05, 0.1) is 0 Å². The lowest BCUT2D eigenvalue weighted by Crippen LogP contribution is -2.43. The van der Waals surface area contributed by atoms with Gasteiger partial charge in [-0.15, -0.1) is 0 Å². The van der Waals surface area contributed by atoms with Gasteiger partial charge in [0.25, 0.3) is 0 Å². The Morgan fingerprint density at radius 2 is 1.41 bits per heavy atom. The number of hydrogen-bond donors (Lipinski definition) is 0. The Morgan fingerprint density at radius 1 is 0.941 bits per heavy atom. The molecule has 0 saturated carbocycles. The maximum atomic E-state index is 2.59. The molecular formula is C16H37N. The summed E-state index contributed by atoms with van der Waals surface area (Å²) in [6, 6.07) is 0.857. The van der Waals surface area contributed by atoms with Gasteiger partial charge in [-0.05, 0) is 38.8 Å². The number of hydrogen-bond acceptors (Lipinski definition) is 1. The van der Waals surface area contributed by atoms with Gasteiger partial charge in [-0.25, -0.2) is 0 Å². The minimum Gasteiger partial charge on any atom is -0.301 e. The van der Waals surface area contributed by atoms with Crippen LogP contribution in [0.3, 0.4) is 0 Å². The molecule has 1 unspecified atom stereocenters. The predicted molar refractivity (Wildman–Crippen MR) is 81.7 cm³/mol. The highest BCUT2D eigenvalue weighted by Crippen LogP contribution is 2.15. The van der Waals surface area contributed by atoms with E-state index in [9.17, 15) is 0 Å². The molecule has 1 fully saturated rings. The maximum Gasteiger partial charge on any atom is 0.00669 e. The molecule has 106 valence electrons. The van der Waals surface area contributed by atoms with Crippen molar-refractivity contribution < 1.29 is 0 Å². The van der Waals surface area contributed by atoms with E-state index < -0.39 is 0 Å². The molecule has 1 saturated heterocycles. The Labute approximate surface area is 111 Å². The molecule has 0 radical (unpaired) electrons. The Hall–Kier alpha value is -0.0400. The van der Waals surface area contributed by atoms with Crippen LogP contribution in [-0.2, 0) is 0 Å². The first-order valence-electron chi connectivity index (χ1n) is 7.82. The van der Waals surface area contributed by atoms with Crippen LogP contribution < -0.4 is 0 Å². The Balaban J connectivity index is 0. The zero-order valence-electron chi connectivity index (χ0n) is 13.6. The van der Waals surface area contributed by atoms with Gasteiger partial charge < -0.3 is 4.90 Å². The van der Waals surface area contributed by atoms with E-state index in [1.54, 1.807) is 0 Å². The molecule has 1 heterocycles. The quantitative estimate of drug-likeness (QED) is 0.588. The molecule has 0 spiro atoms. The van der Waals surface area contributed by atoms with Gasteiger partial charge in [0, 0.05) is 6.04 Å². The SMILES string of the molecule is CC.CC(C)C.CCCCCC(C)N1CCC1. The number of unbranched alkanes of at least 4 members (excludes halogenated alkanes) is 2. The molecule has 17 heavy (non-hydrogen) atoms.